The summed E-state index contributed by atoms with van der Waals surface area (Å²) in [6, 6.07) is 8.99. The average Bonchev–Trinajstić information content (AvgIpc) is 3.08. The first kappa shape index (κ1) is 17.9. The van der Waals surface area contributed by atoms with Gasteiger partial charge >= 0.3 is 0 Å². The van der Waals surface area contributed by atoms with Crippen molar-refractivity contribution in [1.82, 2.24) is 9.55 Å². The fraction of sp³-hybridized carbons (Fsp3) is 0.267. The smallest absolute Gasteiger partial charge is 0.238 e. The van der Waals surface area contributed by atoms with E-state index in [9.17, 15) is 8.42 Å². The highest BCUT2D eigenvalue weighted by atomic mass is 79.9. The Balaban J connectivity index is 1.97. The van der Waals surface area contributed by atoms with Gasteiger partial charge in [-0.25, -0.2) is 18.5 Å². The Morgan fingerprint density at radius 2 is 2.12 bits per heavy atom. The second kappa shape index (κ2) is 7.17. The van der Waals surface area contributed by atoms with Gasteiger partial charge in [0.1, 0.15) is 0 Å². The van der Waals surface area contributed by atoms with Crippen molar-refractivity contribution in [3.05, 3.63) is 39.0 Å². The van der Waals surface area contributed by atoms with Crippen LogP contribution < -0.4 is 5.14 Å². The number of nitrogens with zero attached hydrogens (tertiary/aromatic N) is 2. The van der Waals surface area contributed by atoms with E-state index in [2.05, 4.69) is 38.5 Å². The lowest BCUT2D eigenvalue weighted by Crippen LogP contribution is -2.11. The predicted molar refractivity (Wildman–Crippen MR) is 103 cm³/mol. The lowest BCUT2D eigenvalue weighted by Gasteiger charge is -2.07. The Kier molecular flexibility index (Phi) is 5.36. The van der Waals surface area contributed by atoms with E-state index in [1.807, 2.05) is 6.07 Å². The number of thiophene rings is 1. The van der Waals surface area contributed by atoms with E-state index in [-0.39, 0.29) is 4.90 Å². The minimum Gasteiger partial charge on any atom is -0.319 e. The first-order chi connectivity index (χ1) is 11.4. The molecule has 0 unspecified atom stereocenters. The average molecular weight is 446 g/mol. The lowest BCUT2D eigenvalue weighted by atomic mass is 10.3. The van der Waals surface area contributed by atoms with Gasteiger partial charge in [-0.1, -0.05) is 18.7 Å². The molecule has 0 amide bonds. The molecule has 3 aromatic rings. The number of hydrogen-bond acceptors (Lipinski definition) is 5. The number of nitrogens with two attached hydrogens (primary N) is 1. The van der Waals surface area contributed by atoms with Gasteiger partial charge in [-0.2, -0.15) is 0 Å². The zero-order valence-corrected chi connectivity index (χ0v) is 16.9. The fourth-order valence-corrected chi connectivity index (χ4v) is 5.48. The van der Waals surface area contributed by atoms with Crippen molar-refractivity contribution in [3.8, 4) is 0 Å². The quantitative estimate of drug-likeness (QED) is 0.576. The highest BCUT2D eigenvalue weighted by Crippen LogP contribution is 2.31. The van der Waals surface area contributed by atoms with Gasteiger partial charge in [0.2, 0.25) is 10.0 Å². The van der Waals surface area contributed by atoms with Crippen molar-refractivity contribution in [3.63, 3.8) is 0 Å². The van der Waals surface area contributed by atoms with Gasteiger partial charge in [0.15, 0.2) is 5.16 Å². The number of imidazole rings is 1. The summed E-state index contributed by atoms with van der Waals surface area (Å²) in [7, 11) is -3.72. The number of aromatic nitrogens is 2. The van der Waals surface area contributed by atoms with Gasteiger partial charge in [-0.15, -0.1) is 11.3 Å². The van der Waals surface area contributed by atoms with E-state index in [1.165, 1.54) is 10.9 Å². The third-order valence-electron chi connectivity index (χ3n) is 3.43. The monoisotopic (exact) mass is 445 g/mol. The number of fused-ring (bicyclic) bond motifs is 1. The van der Waals surface area contributed by atoms with Gasteiger partial charge in [-0.05, 0) is 52.7 Å². The van der Waals surface area contributed by atoms with Crippen LogP contribution in [0.25, 0.3) is 11.0 Å². The van der Waals surface area contributed by atoms with Gasteiger partial charge in [0.25, 0.3) is 0 Å². The fourth-order valence-electron chi connectivity index (χ4n) is 2.38. The predicted octanol–water partition coefficient (Wildman–Crippen LogP) is 4.21. The molecule has 1 aromatic carbocycles. The third-order valence-corrected chi connectivity index (χ3v) is 7.18. The van der Waals surface area contributed by atoms with Crippen LogP contribution in [0.3, 0.4) is 0 Å². The van der Waals surface area contributed by atoms with Gasteiger partial charge in [0.05, 0.1) is 19.7 Å². The Morgan fingerprint density at radius 3 is 2.75 bits per heavy atom. The molecular formula is C15H16BrN3O2S3. The van der Waals surface area contributed by atoms with Crippen LogP contribution in [0.2, 0.25) is 0 Å². The zero-order valence-electron chi connectivity index (χ0n) is 12.9. The SMILES string of the molecule is CCCn1c(SCc2ccc(Br)s2)nc2cc(S(N)(=O)=O)ccc21. The molecule has 9 heteroatoms. The Morgan fingerprint density at radius 1 is 1.33 bits per heavy atom. The van der Waals surface area contributed by atoms with Crippen molar-refractivity contribution in [2.75, 3.05) is 0 Å². The van der Waals surface area contributed by atoms with Crippen molar-refractivity contribution in [2.45, 2.75) is 35.7 Å². The molecule has 0 aliphatic rings. The van der Waals surface area contributed by atoms with E-state index in [1.54, 1.807) is 35.2 Å². The molecular weight excluding hydrogens is 430 g/mol. The first-order valence-electron chi connectivity index (χ1n) is 7.28. The van der Waals surface area contributed by atoms with Gasteiger partial charge in [-0.3, -0.25) is 0 Å². The molecule has 0 aliphatic carbocycles. The Bertz CT molecular complexity index is 979. The molecule has 2 N–H and O–H groups in total. The summed E-state index contributed by atoms with van der Waals surface area (Å²) in [5.74, 6) is 0.825. The largest absolute Gasteiger partial charge is 0.319 e. The molecule has 0 bridgehead atoms. The number of thioether (sulfide) groups is 1. The molecule has 0 atom stereocenters. The highest BCUT2D eigenvalue weighted by molar-refractivity contribution is 9.11. The number of primary sulfonamides is 1. The van der Waals surface area contributed by atoms with Gasteiger partial charge in [0, 0.05) is 17.2 Å². The van der Waals surface area contributed by atoms with Gasteiger partial charge < -0.3 is 4.57 Å². The number of halogens is 1. The molecule has 24 heavy (non-hydrogen) atoms. The van der Waals surface area contributed by atoms with Crippen LogP contribution in [0.1, 0.15) is 18.2 Å². The van der Waals surface area contributed by atoms with Crippen molar-refractivity contribution in [2.24, 2.45) is 5.14 Å². The number of aryl methyl sites for hydroxylation is 1. The zero-order chi connectivity index (χ0) is 17.3. The molecule has 0 saturated carbocycles. The van der Waals surface area contributed by atoms with Crippen LogP contribution in [0.15, 0.2) is 44.2 Å². The topological polar surface area (TPSA) is 78.0 Å². The van der Waals surface area contributed by atoms with Crippen LogP contribution in [0.4, 0.5) is 0 Å². The van der Waals surface area contributed by atoms with Crippen LogP contribution in [-0.2, 0) is 22.3 Å². The van der Waals surface area contributed by atoms with Crippen molar-refractivity contribution < 1.29 is 8.42 Å². The number of benzene rings is 1. The van der Waals surface area contributed by atoms with E-state index in [0.29, 0.717) is 5.52 Å². The van der Waals surface area contributed by atoms with Crippen LogP contribution in [0, 0.1) is 0 Å². The summed E-state index contributed by atoms with van der Waals surface area (Å²) in [5.41, 5.74) is 1.59. The number of rotatable bonds is 6. The van der Waals surface area contributed by atoms with E-state index >= 15 is 0 Å². The summed E-state index contributed by atoms with van der Waals surface area (Å²) < 4.78 is 26.3. The molecule has 3 rings (SSSR count). The molecule has 5 nitrogen and oxygen atoms in total. The molecule has 0 aliphatic heterocycles. The summed E-state index contributed by atoms with van der Waals surface area (Å²) in [5, 5.41) is 6.11. The maximum absolute atomic E-state index is 11.5. The lowest BCUT2D eigenvalue weighted by molar-refractivity contribution is 0.598. The van der Waals surface area contributed by atoms with Crippen molar-refractivity contribution >= 4 is 60.1 Å². The molecule has 128 valence electrons. The maximum atomic E-state index is 11.5. The number of sulfonamides is 1. The molecule has 0 spiro atoms. The standard InChI is InChI=1S/C15H16BrN3O2S3/c1-2-7-19-13-5-4-11(24(17,20)21)8-12(13)18-15(19)22-9-10-3-6-14(16)23-10/h3-6,8H,2,7,9H2,1H3,(H2,17,20,21). The van der Waals surface area contributed by atoms with E-state index in [0.717, 1.165) is 33.2 Å². The maximum Gasteiger partial charge on any atom is 0.238 e. The van der Waals surface area contributed by atoms with E-state index in [4.69, 9.17) is 5.14 Å². The molecule has 0 radical (unpaired) electrons. The summed E-state index contributed by atoms with van der Waals surface area (Å²) >= 11 is 6.83. The molecule has 2 aromatic heterocycles. The third kappa shape index (κ3) is 3.85. The first-order valence-corrected chi connectivity index (χ1v) is 11.4. The summed E-state index contributed by atoms with van der Waals surface area (Å²) in [4.78, 5) is 5.98. The van der Waals surface area contributed by atoms with Crippen LogP contribution in [-0.4, -0.2) is 18.0 Å². The normalized spacial score (nSPS) is 12.1. The van der Waals surface area contributed by atoms with E-state index < -0.39 is 10.0 Å². The van der Waals surface area contributed by atoms with Crippen LogP contribution >= 0.6 is 39.0 Å². The summed E-state index contributed by atoms with van der Waals surface area (Å²) in [6.07, 6.45) is 0.973. The Labute approximate surface area is 157 Å². The minimum atomic E-state index is -3.72. The van der Waals surface area contributed by atoms with Crippen molar-refractivity contribution in [1.29, 1.82) is 0 Å². The second-order valence-electron chi connectivity index (χ2n) is 5.24. The number of hydrogen-bond donors (Lipinski definition) is 1. The molecule has 2 heterocycles. The summed E-state index contributed by atoms with van der Waals surface area (Å²) in [6.45, 7) is 2.94. The Hall–Kier alpha value is -0.870. The van der Waals surface area contributed by atoms with Crippen LogP contribution in [0.5, 0.6) is 0 Å². The highest BCUT2D eigenvalue weighted by Gasteiger charge is 2.15. The minimum absolute atomic E-state index is 0.0925. The second-order valence-corrected chi connectivity index (χ2v) is 10.3. The molecule has 0 fully saturated rings. The molecule has 0 saturated heterocycles.